The fraction of sp³-hybridized carbons (Fsp3) is 0.368. The Balaban J connectivity index is 1.91. The van der Waals surface area contributed by atoms with Crippen LogP contribution in [0.3, 0.4) is 0 Å². The summed E-state index contributed by atoms with van der Waals surface area (Å²) in [7, 11) is 1.69. The quantitative estimate of drug-likeness (QED) is 0.790. The highest BCUT2D eigenvalue weighted by atomic mass is 16.6. The third-order valence-corrected chi connectivity index (χ3v) is 3.96. The number of methoxy groups -OCH3 is 1. The zero-order valence-electron chi connectivity index (χ0n) is 13.7. The molecular formula is C19H23NO3. The average Bonchev–Trinajstić information content (AvgIpc) is 2.62. The zero-order chi connectivity index (χ0) is 16.1. The van der Waals surface area contributed by atoms with E-state index in [1.165, 1.54) is 0 Å². The van der Waals surface area contributed by atoms with E-state index in [4.69, 9.17) is 14.2 Å². The molecule has 0 amide bonds. The van der Waals surface area contributed by atoms with Crippen molar-refractivity contribution in [1.82, 2.24) is 0 Å². The number of hydrogen-bond donors (Lipinski definition) is 0. The highest BCUT2D eigenvalue weighted by Crippen LogP contribution is 2.36. The fourth-order valence-corrected chi connectivity index (χ4v) is 2.69. The van der Waals surface area contributed by atoms with Crippen LogP contribution in [0.2, 0.25) is 0 Å². The van der Waals surface area contributed by atoms with Gasteiger partial charge in [0, 0.05) is 24.0 Å². The van der Waals surface area contributed by atoms with Gasteiger partial charge < -0.3 is 19.1 Å². The molecule has 23 heavy (non-hydrogen) atoms. The normalized spacial score (nSPS) is 12.8. The van der Waals surface area contributed by atoms with Gasteiger partial charge in [-0.1, -0.05) is 13.3 Å². The second-order valence-corrected chi connectivity index (χ2v) is 5.53. The highest BCUT2D eigenvalue weighted by molar-refractivity contribution is 5.67. The summed E-state index contributed by atoms with van der Waals surface area (Å²) < 4.78 is 16.6. The Hall–Kier alpha value is -2.36. The van der Waals surface area contributed by atoms with Crippen molar-refractivity contribution in [3.05, 3.63) is 42.5 Å². The first-order valence-corrected chi connectivity index (χ1v) is 8.13. The van der Waals surface area contributed by atoms with Crippen LogP contribution in [-0.4, -0.2) is 26.9 Å². The molecule has 0 bridgehead atoms. The maximum absolute atomic E-state index is 5.72. The van der Waals surface area contributed by atoms with Crippen LogP contribution in [0.1, 0.15) is 19.8 Å². The Morgan fingerprint density at radius 2 is 1.65 bits per heavy atom. The minimum absolute atomic E-state index is 0.605. The molecule has 0 saturated carbocycles. The van der Waals surface area contributed by atoms with E-state index in [-0.39, 0.29) is 0 Å². The van der Waals surface area contributed by atoms with E-state index >= 15 is 0 Å². The molecule has 2 aromatic carbocycles. The van der Waals surface area contributed by atoms with Gasteiger partial charge in [0.05, 0.1) is 7.11 Å². The zero-order valence-corrected chi connectivity index (χ0v) is 13.7. The molecule has 1 heterocycles. The van der Waals surface area contributed by atoms with Crippen molar-refractivity contribution in [2.75, 3.05) is 31.8 Å². The molecule has 0 radical (unpaired) electrons. The Morgan fingerprint density at radius 3 is 2.35 bits per heavy atom. The predicted octanol–water partition coefficient (Wildman–Crippen LogP) is 4.40. The second-order valence-electron chi connectivity index (χ2n) is 5.53. The molecule has 0 aliphatic carbocycles. The average molecular weight is 313 g/mol. The number of hydrogen-bond acceptors (Lipinski definition) is 4. The minimum Gasteiger partial charge on any atom is -0.497 e. The Labute approximate surface area is 137 Å². The summed E-state index contributed by atoms with van der Waals surface area (Å²) in [6.45, 7) is 4.39. The number of anilines is 2. The number of rotatable bonds is 6. The molecule has 0 aromatic heterocycles. The van der Waals surface area contributed by atoms with E-state index in [9.17, 15) is 0 Å². The molecule has 3 rings (SSSR count). The van der Waals surface area contributed by atoms with E-state index in [1.54, 1.807) is 7.11 Å². The fourth-order valence-electron chi connectivity index (χ4n) is 2.69. The first-order valence-electron chi connectivity index (χ1n) is 8.13. The summed E-state index contributed by atoms with van der Waals surface area (Å²) in [4.78, 5) is 2.31. The van der Waals surface area contributed by atoms with E-state index < -0.39 is 0 Å². The lowest BCUT2D eigenvalue weighted by Crippen LogP contribution is -2.20. The monoisotopic (exact) mass is 313 g/mol. The Morgan fingerprint density at radius 1 is 0.957 bits per heavy atom. The third-order valence-electron chi connectivity index (χ3n) is 3.96. The van der Waals surface area contributed by atoms with Gasteiger partial charge in [0.1, 0.15) is 19.0 Å². The molecular weight excluding hydrogens is 290 g/mol. The van der Waals surface area contributed by atoms with Crippen molar-refractivity contribution in [3.8, 4) is 17.2 Å². The van der Waals surface area contributed by atoms with E-state index in [1.807, 2.05) is 18.2 Å². The second kappa shape index (κ2) is 7.27. The minimum atomic E-state index is 0.605. The van der Waals surface area contributed by atoms with Gasteiger partial charge in [-0.05, 0) is 42.8 Å². The van der Waals surface area contributed by atoms with Crippen molar-refractivity contribution in [1.29, 1.82) is 0 Å². The van der Waals surface area contributed by atoms with Crippen LogP contribution in [0.5, 0.6) is 17.2 Å². The topological polar surface area (TPSA) is 30.9 Å². The molecule has 4 nitrogen and oxygen atoms in total. The lowest BCUT2D eigenvalue weighted by atomic mass is 10.2. The summed E-state index contributed by atoms with van der Waals surface area (Å²) in [6.07, 6.45) is 2.28. The lowest BCUT2D eigenvalue weighted by molar-refractivity contribution is 0.171. The van der Waals surface area contributed by atoms with Crippen molar-refractivity contribution in [2.24, 2.45) is 0 Å². The highest BCUT2D eigenvalue weighted by Gasteiger charge is 2.15. The van der Waals surface area contributed by atoms with E-state index in [2.05, 4.69) is 36.1 Å². The van der Waals surface area contributed by atoms with Crippen LogP contribution in [0.25, 0.3) is 0 Å². The summed E-state index contributed by atoms with van der Waals surface area (Å²) in [6, 6.07) is 14.3. The SMILES string of the molecule is CCCCN(c1ccc(OC)cc1)c1ccc2c(c1)OCCO2. The predicted molar refractivity (Wildman–Crippen MR) is 92.3 cm³/mol. The smallest absolute Gasteiger partial charge is 0.163 e. The summed E-state index contributed by atoms with van der Waals surface area (Å²) in [5, 5.41) is 0. The van der Waals surface area contributed by atoms with Gasteiger partial charge in [-0.15, -0.1) is 0 Å². The Kier molecular flexibility index (Phi) is 4.91. The van der Waals surface area contributed by atoms with Crippen LogP contribution in [0.15, 0.2) is 42.5 Å². The van der Waals surface area contributed by atoms with Gasteiger partial charge in [0.15, 0.2) is 11.5 Å². The van der Waals surface area contributed by atoms with Gasteiger partial charge >= 0.3 is 0 Å². The molecule has 0 fully saturated rings. The van der Waals surface area contributed by atoms with Crippen molar-refractivity contribution in [2.45, 2.75) is 19.8 Å². The summed E-state index contributed by atoms with van der Waals surface area (Å²) >= 11 is 0. The molecule has 2 aromatic rings. The van der Waals surface area contributed by atoms with Gasteiger partial charge in [0.25, 0.3) is 0 Å². The van der Waals surface area contributed by atoms with Crippen LogP contribution < -0.4 is 19.1 Å². The Bertz CT molecular complexity index is 640. The molecule has 0 atom stereocenters. The third kappa shape index (κ3) is 3.52. The van der Waals surface area contributed by atoms with Crippen LogP contribution in [-0.2, 0) is 0 Å². The standard InChI is InChI=1S/C19H23NO3/c1-3-4-11-20(15-5-8-17(21-2)9-6-15)16-7-10-18-19(14-16)23-13-12-22-18/h5-10,14H,3-4,11-13H2,1-2H3. The molecule has 4 heteroatoms. The number of ether oxygens (including phenoxy) is 3. The maximum Gasteiger partial charge on any atom is 0.163 e. The number of benzene rings is 2. The van der Waals surface area contributed by atoms with Crippen molar-refractivity contribution < 1.29 is 14.2 Å². The molecule has 0 unspecified atom stereocenters. The van der Waals surface area contributed by atoms with Crippen molar-refractivity contribution >= 4 is 11.4 Å². The summed E-state index contributed by atoms with van der Waals surface area (Å²) in [5.74, 6) is 2.51. The van der Waals surface area contributed by atoms with Gasteiger partial charge in [-0.3, -0.25) is 0 Å². The van der Waals surface area contributed by atoms with Crippen LogP contribution in [0.4, 0.5) is 11.4 Å². The maximum atomic E-state index is 5.72. The first kappa shape index (κ1) is 15.5. The van der Waals surface area contributed by atoms with Gasteiger partial charge in [-0.2, -0.15) is 0 Å². The number of unbranched alkanes of at least 4 members (excludes halogenated alkanes) is 1. The number of nitrogens with zero attached hydrogens (tertiary/aromatic N) is 1. The van der Waals surface area contributed by atoms with E-state index in [0.717, 1.165) is 48.0 Å². The van der Waals surface area contributed by atoms with Gasteiger partial charge in [0.2, 0.25) is 0 Å². The molecule has 0 N–H and O–H groups in total. The first-order chi connectivity index (χ1) is 11.3. The largest absolute Gasteiger partial charge is 0.497 e. The molecule has 122 valence electrons. The van der Waals surface area contributed by atoms with Crippen LogP contribution >= 0.6 is 0 Å². The molecule has 1 aliphatic rings. The lowest BCUT2D eigenvalue weighted by Gasteiger charge is -2.27. The number of fused-ring (bicyclic) bond motifs is 1. The molecule has 0 spiro atoms. The molecule has 1 aliphatic heterocycles. The van der Waals surface area contributed by atoms with Crippen LogP contribution in [0, 0.1) is 0 Å². The van der Waals surface area contributed by atoms with Gasteiger partial charge in [-0.25, -0.2) is 0 Å². The molecule has 0 saturated heterocycles. The van der Waals surface area contributed by atoms with Crippen molar-refractivity contribution in [3.63, 3.8) is 0 Å². The van der Waals surface area contributed by atoms with E-state index in [0.29, 0.717) is 13.2 Å². The summed E-state index contributed by atoms with van der Waals surface area (Å²) in [5.41, 5.74) is 2.27.